The van der Waals surface area contributed by atoms with E-state index in [1.165, 1.54) is 7.11 Å². The zero-order valence-electron chi connectivity index (χ0n) is 8.94. The third-order valence-electron chi connectivity index (χ3n) is 3.41. The highest BCUT2D eigenvalue weighted by atomic mass is 16.5. The van der Waals surface area contributed by atoms with Crippen LogP contribution < -0.4 is 0 Å². The number of hydrogen-bond acceptors (Lipinski definition) is 4. The average Bonchev–Trinajstić information content (AvgIpc) is 2.64. The van der Waals surface area contributed by atoms with Gasteiger partial charge in [0.1, 0.15) is 6.54 Å². The van der Waals surface area contributed by atoms with Crippen LogP contribution >= 0.6 is 0 Å². The van der Waals surface area contributed by atoms with E-state index >= 15 is 0 Å². The monoisotopic (exact) mass is 211 g/mol. The molecule has 2 atom stereocenters. The average molecular weight is 211 g/mol. The summed E-state index contributed by atoms with van der Waals surface area (Å²) in [4.78, 5) is 35.4. The summed E-state index contributed by atoms with van der Waals surface area (Å²) >= 11 is 0. The van der Waals surface area contributed by atoms with Crippen molar-refractivity contribution in [3.8, 4) is 0 Å². The van der Waals surface area contributed by atoms with Crippen LogP contribution in [-0.2, 0) is 19.1 Å². The number of carbonyl (C=O) groups is 3. The van der Waals surface area contributed by atoms with Crippen LogP contribution in [0.3, 0.4) is 0 Å². The molecule has 5 nitrogen and oxygen atoms in total. The highest BCUT2D eigenvalue weighted by molar-refractivity contribution is 6.11. The van der Waals surface area contributed by atoms with Crippen molar-refractivity contribution < 1.29 is 19.1 Å². The van der Waals surface area contributed by atoms with E-state index < -0.39 is 5.97 Å². The second-order valence-corrected chi connectivity index (χ2v) is 4.62. The summed E-state index contributed by atoms with van der Waals surface area (Å²) < 4.78 is 4.43. The molecule has 0 N–H and O–H groups in total. The van der Waals surface area contributed by atoms with Crippen molar-refractivity contribution in [2.75, 3.05) is 13.7 Å². The number of methoxy groups -OCH3 is 1. The molecule has 0 aromatic rings. The van der Waals surface area contributed by atoms with Crippen molar-refractivity contribution in [2.45, 2.75) is 13.8 Å². The molecule has 2 aliphatic rings. The third-order valence-corrected chi connectivity index (χ3v) is 3.41. The van der Waals surface area contributed by atoms with Crippen molar-refractivity contribution in [1.82, 2.24) is 4.90 Å². The number of esters is 1. The van der Waals surface area contributed by atoms with E-state index in [9.17, 15) is 14.4 Å². The van der Waals surface area contributed by atoms with E-state index in [0.717, 1.165) is 4.90 Å². The van der Waals surface area contributed by atoms with Crippen molar-refractivity contribution in [1.29, 1.82) is 0 Å². The van der Waals surface area contributed by atoms with Gasteiger partial charge >= 0.3 is 5.97 Å². The van der Waals surface area contributed by atoms with E-state index in [1.807, 2.05) is 13.8 Å². The summed E-state index contributed by atoms with van der Waals surface area (Å²) in [5.41, 5.74) is -0.221. The van der Waals surface area contributed by atoms with Crippen LogP contribution in [0.5, 0.6) is 0 Å². The van der Waals surface area contributed by atoms with Crippen LogP contribution in [0.4, 0.5) is 0 Å². The van der Waals surface area contributed by atoms with Gasteiger partial charge in [0.15, 0.2) is 0 Å². The van der Waals surface area contributed by atoms with Crippen molar-refractivity contribution in [3.63, 3.8) is 0 Å². The number of hydrogen-bond donors (Lipinski definition) is 0. The van der Waals surface area contributed by atoms with Crippen LogP contribution in [0, 0.1) is 17.3 Å². The Morgan fingerprint density at radius 3 is 2.20 bits per heavy atom. The molecule has 1 saturated heterocycles. The van der Waals surface area contributed by atoms with E-state index in [-0.39, 0.29) is 35.6 Å². The van der Waals surface area contributed by atoms with Crippen molar-refractivity contribution in [3.05, 3.63) is 0 Å². The van der Waals surface area contributed by atoms with Crippen LogP contribution in [0.1, 0.15) is 13.8 Å². The first-order chi connectivity index (χ1) is 6.91. The fraction of sp³-hybridized carbons (Fsp3) is 0.700. The molecule has 2 rings (SSSR count). The number of nitrogens with zero attached hydrogens (tertiary/aromatic N) is 1. The van der Waals surface area contributed by atoms with Gasteiger partial charge in [-0.05, 0) is 5.41 Å². The molecule has 1 aliphatic carbocycles. The maximum Gasteiger partial charge on any atom is 0.325 e. The summed E-state index contributed by atoms with van der Waals surface area (Å²) in [6.07, 6.45) is 0. The molecule has 15 heavy (non-hydrogen) atoms. The Labute approximate surface area is 87.4 Å². The summed E-state index contributed by atoms with van der Waals surface area (Å²) in [7, 11) is 1.23. The topological polar surface area (TPSA) is 63.7 Å². The second-order valence-electron chi connectivity index (χ2n) is 4.62. The molecule has 0 spiro atoms. The van der Waals surface area contributed by atoms with Gasteiger partial charge in [0.05, 0.1) is 18.9 Å². The molecule has 1 aliphatic heterocycles. The Balaban J connectivity index is 2.11. The molecular weight excluding hydrogens is 198 g/mol. The number of ether oxygens (including phenoxy) is 1. The Morgan fingerprint density at radius 2 is 1.80 bits per heavy atom. The Kier molecular flexibility index (Phi) is 1.90. The Bertz CT molecular complexity index is 336. The molecule has 2 unspecified atom stereocenters. The minimum atomic E-state index is -0.559. The van der Waals surface area contributed by atoms with E-state index in [2.05, 4.69) is 4.74 Å². The lowest BCUT2D eigenvalue weighted by Gasteiger charge is -2.18. The first kappa shape index (κ1) is 10.1. The van der Waals surface area contributed by atoms with Crippen LogP contribution in [0.2, 0.25) is 0 Å². The van der Waals surface area contributed by atoms with Gasteiger partial charge in [0.25, 0.3) is 0 Å². The van der Waals surface area contributed by atoms with Crippen LogP contribution in [0.25, 0.3) is 0 Å². The summed E-state index contributed by atoms with van der Waals surface area (Å²) in [6, 6.07) is 0. The normalized spacial score (nSPS) is 31.5. The lowest BCUT2D eigenvalue weighted by Crippen LogP contribution is -2.40. The number of amides is 2. The standard InChI is InChI=1S/C10H13NO4/c1-10(2)6-7(10)9(14)11(8(6)13)4-5(12)15-3/h6-7H,4H2,1-3H3. The first-order valence-electron chi connectivity index (χ1n) is 4.83. The van der Waals surface area contributed by atoms with Gasteiger partial charge in [-0.2, -0.15) is 0 Å². The smallest absolute Gasteiger partial charge is 0.325 e. The second kappa shape index (κ2) is 2.81. The van der Waals surface area contributed by atoms with Crippen LogP contribution in [-0.4, -0.2) is 36.3 Å². The predicted octanol–water partition coefficient (Wildman–Crippen LogP) is -0.200. The number of carbonyl (C=O) groups excluding carboxylic acids is 3. The zero-order valence-corrected chi connectivity index (χ0v) is 8.94. The first-order valence-corrected chi connectivity index (χ1v) is 4.83. The summed E-state index contributed by atoms with van der Waals surface area (Å²) in [5, 5.41) is 0. The predicted molar refractivity (Wildman–Crippen MR) is 49.5 cm³/mol. The molecule has 2 fully saturated rings. The fourth-order valence-corrected chi connectivity index (χ4v) is 2.35. The van der Waals surface area contributed by atoms with Gasteiger partial charge in [0.2, 0.25) is 11.8 Å². The molecule has 82 valence electrons. The van der Waals surface area contributed by atoms with Gasteiger partial charge in [-0.25, -0.2) is 0 Å². The number of rotatable bonds is 2. The third kappa shape index (κ3) is 1.19. The minimum Gasteiger partial charge on any atom is -0.468 e. The number of piperidine rings is 1. The summed E-state index contributed by atoms with van der Waals surface area (Å²) in [5.74, 6) is -1.49. The van der Waals surface area contributed by atoms with Crippen molar-refractivity contribution in [2.24, 2.45) is 17.3 Å². The SMILES string of the molecule is COC(=O)CN1C(=O)C2C(C1=O)C2(C)C. The van der Waals surface area contributed by atoms with Crippen molar-refractivity contribution >= 4 is 17.8 Å². The van der Waals surface area contributed by atoms with Gasteiger partial charge in [-0.3, -0.25) is 19.3 Å². The number of fused-ring (bicyclic) bond motifs is 1. The lowest BCUT2D eigenvalue weighted by atomic mass is 10.1. The van der Waals surface area contributed by atoms with Crippen LogP contribution in [0.15, 0.2) is 0 Å². The molecule has 0 aromatic heterocycles. The molecule has 1 saturated carbocycles. The van der Waals surface area contributed by atoms with Gasteiger partial charge in [0, 0.05) is 0 Å². The molecule has 0 aromatic carbocycles. The molecule has 5 heteroatoms. The van der Waals surface area contributed by atoms with Gasteiger partial charge < -0.3 is 4.74 Å². The Morgan fingerprint density at radius 1 is 1.33 bits per heavy atom. The fourth-order valence-electron chi connectivity index (χ4n) is 2.35. The number of likely N-dealkylation sites (tertiary alicyclic amines) is 1. The number of imide groups is 1. The molecule has 0 bridgehead atoms. The maximum atomic E-state index is 11.7. The van der Waals surface area contributed by atoms with E-state index in [4.69, 9.17) is 0 Å². The molecular formula is C10H13NO4. The Hall–Kier alpha value is -1.39. The molecule has 2 amide bonds. The zero-order chi connectivity index (χ0) is 11.4. The largest absolute Gasteiger partial charge is 0.468 e. The minimum absolute atomic E-state index is 0.221. The van der Waals surface area contributed by atoms with E-state index in [0.29, 0.717) is 0 Å². The highest BCUT2D eigenvalue weighted by Crippen LogP contribution is 2.63. The molecule has 1 heterocycles. The van der Waals surface area contributed by atoms with E-state index in [1.54, 1.807) is 0 Å². The highest BCUT2D eigenvalue weighted by Gasteiger charge is 2.72. The van der Waals surface area contributed by atoms with Gasteiger partial charge in [-0.15, -0.1) is 0 Å². The van der Waals surface area contributed by atoms with Gasteiger partial charge in [-0.1, -0.05) is 13.8 Å². The maximum absolute atomic E-state index is 11.7. The lowest BCUT2D eigenvalue weighted by molar-refractivity contribution is -0.152. The summed E-state index contributed by atoms with van der Waals surface area (Å²) in [6.45, 7) is 3.54. The quantitative estimate of drug-likeness (QED) is 0.468. The molecule has 0 radical (unpaired) electrons.